The van der Waals surface area contributed by atoms with E-state index in [1.54, 1.807) is 18.2 Å². The molecule has 4 aromatic rings. The molecular formula is C16H9ClN2O2. The molecule has 5 heteroatoms. The van der Waals surface area contributed by atoms with Crippen LogP contribution < -0.4 is 5.56 Å². The Morgan fingerprint density at radius 3 is 2.81 bits per heavy atom. The summed E-state index contributed by atoms with van der Waals surface area (Å²) in [6.45, 7) is 0. The minimum absolute atomic E-state index is 0.238. The average molecular weight is 297 g/mol. The highest BCUT2D eigenvalue weighted by Gasteiger charge is 2.12. The van der Waals surface area contributed by atoms with Crippen LogP contribution in [0.15, 0.2) is 57.7 Å². The van der Waals surface area contributed by atoms with Gasteiger partial charge in [0.25, 0.3) is 5.56 Å². The first-order chi connectivity index (χ1) is 10.2. The molecule has 0 aliphatic rings. The molecule has 0 aliphatic heterocycles. The Labute approximate surface area is 124 Å². The minimum Gasteiger partial charge on any atom is -0.453 e. The number of H-pyrrole nitrogens is 1. The van der Waals surface area contributed by atoms with Gasteiger partial charge in [-0.15, -0.1) is 0 Å². The number of nitrogens with zero attached hydrogens (tertiary/aromatic N) is 1. The molecule has 102 valence electrons. The lowest BCUT2D eigenvalue weighted by atomic mass is 10.2. The fourth-order valence-corrected chi connectivity index (χ4v) is 2.56. The zero-order valence-electron chi connectivity index (χ0n) is 10.8. The highest BCUT2D eigenvalue weighted by molar-refractivity contribution is 6.35. The fraction of sp³-hybridized carbons (Fsp3) is 0. The monoisotopic (exact) mass is 296 g/mol. The van der Waals surface area contributed by atoms with Gasteiger partial charge in [0.1, 0.15) is 5.58 Å². The van der Waals surface area contributed by atoms with E-state index in [1.807, 2.05) is 30.3 Å². The maximum absolute atomic E-state index is 12.1. The third-order valence-corrected chi connectivity index (χ3v) is 3.65. The van der Waals surface area contributed by atoms with E-state index in [-0.39, 0.29) is 5.56 Å². The van der Waals surface area contributed by atoms with Crippen molar-refractivity contribution in [3.05, 3.63) is 63.9 Å². The van der Waals surface area contributed by atoms with Crippen molar-refractivity contribution >= 4 is 33.5 Å². The van der Waals surface area contributed by atoms with E-state index in [1.165, 1.54) is 0 Å². The predicted octanol–water partition coefficient (Wildman–Crippen LogP) is 3.99. The number of nitrogens with one attached hydrogen (secondary N) is 1. The third kappa shape index (κ3) is 1.92. The van der Waals surface area contributed by atoms with Crippen LogP contribution in [0.2, 0.25) is 5.02 Å². The summed E-state index contributed by atoms with van der Waals surface area (Å²) >= 11 is 6.12. The zero-order valence-corrected chi connectivity index (χ0v) is 11.5. The first-order valence-electron chi connectivity index (χ1n) is 6.40. The number of furan rings is 1. The van der Waals surface area contributed by atoms with Gasteiger partial charge >= 0.3 is 0 Å². The quantitative estimate of drug-likeness (QED) is 0.578. The van der Waals surface area contributed by atoms with Crippen LogP contribution in [-0.4, -0.2) is 9.97 Å². The zero-order chi connectivity index (χ0) is 14.4. The molecule has 4 nitrogen and oxygen atoms in total. The summed E-state index contributed by atoms with van der Waals surface area (Å²) in [4.78, 5) is 19.3. The Balaban J connectivity index is 2.02. The Hall–Kier alpha value is -2.59. The summed E-state index contributed by atoms with van der Waals surface area (Å²) in [6.07, 6.45) is 0. The SMILES string of the molecule is O=c1[nH]c(-c2cc3ccccc3o2)nc2c(Cl)cccc12. The van der Waals surface area contributed by atoms with Crippen molar-refractivity contribution in [1.29, 1.82) is 0 Å². The molecule has 2 heterocycles. The summed E-state index contributed by atoms with van der Waals surface area (Å²) in [5, 5.41) is 1.85. The molecule has 0 amide bonds. The average Bonchev–Trinajstić information content (AvgIpc) is 2.92. The summed E-state index contributed by atoms with van der Waals surface area (Å²) < 4.78 is 5.72. The molecule has 0 fully saturated rings. The summed E-state index contributed by atoms with van der Waals surface area (Å²) in [5.41, 5.74) is 0.978. The number of benzene rings is 2. The number of aromatic amines is 1. The van der Waals surface area contributed by atoms with Crippen molar-refractivity contribution in [2.75, 3.05) is 0 Å². The van der Waals surface area contributed by atoms with Crippen LogP contribution in [0.25, 0.3) is 33.5 Å². The Morgan fingerprint density at radius 1 is 1.10 bits per heavy atom. The fourth-order valence-electron chi connectivity index (χ4n) is 2.34. The van der Waals surface area contributed by atoms with Crippen LogP contribution in [0.1, 0.15) is 0 Å². The molecule has 0 aliphatic carbocycles. The van der Waals surface area contributed by atoms with Crippen LogP contribution in [-0.2, 0) is 0 Å². The molecule has 2 aromatic heterocycles. The Kier molecular flexibility index (Phi) is 2.59. The molecule has 4 rings (SSSR count). The van der Waals surface area contributed by atoms with E-state index < -0.39 is 0 Å². The van der Waals surface area contributed by atoms with Gasteiger partial charge in [0.15, 0.2) is 11.6 Å². The van der Waals surface area contributed by atoms with Gasteiger partial charge in [0.05, 0.1) is 15.9 Å². The smallest absolute Gasteiger partial charge is 0.259 e. The maximum atomic E-state index is 12.1. The van der Waals surface area contributed by atoms with Crippen LogP contribution in [0, 0.1) is 0 Å². The molecule has 0 saturated carbocycles. The molecule has 0 unspecified atom stereocenters. The lowest BCUT2D eigenvalue weighted by Gasteiger charge is -2.01. The highest BCUT2D eigenvalue weighted by Crippen LogP contribution is 2.26. The van der Waals surface area contributed by atoms with Gasteiger partial charge < -0.3 is 9.40 Å². The number of halogens is 1. The Bertz CT molecular complexity index is 1000. The van der Waals surface area contributed by atoms with Crippen LogP contribution in [0.3, 0.4) is 0 Å². The molecular weight excluding hydrogens is 288 g/mol. The largest absolute Gasteiger partial charge is 0.453 e. The topological polar surface area (TPSA) is 58.9 Å². The van der Waals surface area contributed by atoms with Crippen molar-refractivity contribution in [1.82, 2.24) is 9.97 Å². The first kappa shape index (κ1) is 12.2. The van der Waals surface area contributed by atoms with E-state index in [4.69, 9.17) is 16.0 Å². The van der Waals surface area contributed by atoms with Crippen molar-refractivity contribution < 1.29 is 4.42 Å². The first-order valence-corrected chi connectivity index (χ1v) is 6.78. The van der Waals surface area contributed by atoms with Crippen molar-refractivity contribution in [2.24, 2.45) is 0 Å². The summed E-state index contributed by atoms with van der Waals surface area (Å²) in [7, 11) is 0. The van der Waals surface area contributed by atoms with Crippen LogP contribution in [0.4, 0.5) is 0 Å². The molecule has 0 atom stereocenters. The molecule has 2 aromatic carbocycles. The predicted molar refractivity (Wildman–Crippen MR) is 82.6 cm³/mol. The number of fused-ring (bicyclic) bond motifs is 2. The molecule has 21 heavy (non-hydrogen) atoms. The van der Waals surface area contributed by atoms with E-state index in [0.29, 0.717) is 27.5 Å². The van der Waals surface area contributed by atoms with Gasteiger partial charge in [-0.05, 0) is 24.3 Å². The lowest BCUT2D eigenvalue weighted by Crippen LogP contribution is -2.09. The highest BCUT2D eigenvalue weighted by atomic mass is 35.5. The van der Waals surface area contributed by atoms with E-state index >= 15 is 0 Å². The maximum Gasteiger partial charge on any atom is 0.259 e. The molecule has 0 spiro atoms. The second kappa shape index (κ2) is 4.46. The number of hydrogen-bond donors (Lipinski definition) is 1. The van der Waals surface area contributed by atoms with Crippen LogP contribution in [0.5, 0.6) is 0 Å². The number of rotatable bonds is 1. The standard InChI is InChI=1S/C16H9ClN2O2/c17-11-6-3-5-10-14(11)18-15(19-16(10)20)13-8-9-4-1-2-7-12(9)21-13/h1-8H,(H,18,19,20). The number of hydrogen-bond acceptors (Lipinski definition) is 3. The number of para-hydroxylation sites is 2. The van der Waals surface area contributed by atoms with Gasteiger partial charge in [0.2, 0.25) is 0 Å². The van der Waals surface area contributed by atoms with Crippen molar-refractivity contribution in [3.8, 4) is 11.6 Å². The molecule has 0 bridgehead atoms. The number of aromatic nitrogens is 2. The van der Waals surface area contributed by atoms with Gasteiger partial charge in [0, 0.05) is 5.39 Å². The summed E-state index contributed by atoms with van der Waals surface area (Å²) in [6, 6.07) is 14.6. The van der Waals surface area contributed by atoms with E-state index in [9.17, 15) is 4.79 Å². The van der Waals surface area contributed by atoms with E-state index in [0.717, 1.165) is 11.0 Å². The minimum atomic E-state index is -0.238. The van der Waals surface area contributed by atoms with Crippen molar-refractivity contribution in [2.45, 2.75) is 0 Å². The molecule has 0 saturated heterocycles. The van der Waals surface area contributed by atoms with Gasteiger partial charge in [-0.25, -0.2) is 4.98 Å². The van der Waals surface area contributed by atoms with E-state index in [2.05, 4.69) is 9.97 Å². The molecule has 1 N–H and O–H groups in total. The van der Waals surface area contributed by atoms with Crippen LogP contribution >= 0.6 is 11.6 Å². The Morgan fingerprint density at radius 2 is 1.95 bits per heavy atom. The second-order valence-electron chi connectivity index (χ2n) is 4.70. The normalized spacial score (nSPS) is 11.3. The van der Waals surface area contributed by atoms with Crippen molar-refractivity contribution in [3.63, 3.8) is 0 Å². The summed E-state index contributed by atoms with van der Waals surface area (Å²) in [5.74, 6) is 0.881. The van der Waals surface area contributed by atoms with Gasteiger partial charge in [-0.3, -0.25) is 4.79 Å². The second-order valence-corrected chi connectivity index (χ2v) is 5.11. The van der Waals surface area contributed by atoms with Gasteiger partial charge in [-0.1, -0.05) is 35.9 Å². The third-order valence-electron chi connectivity index (χ3n) is 3.35. The molecule has 0 radical (unpaired) electrons. The lowest BCUT2D eigenvalue weighted by molar-refractivity contribution is 0.625. The van der Waals surface area contributed by atoms with Gasteiger partial charge in [-0.2, -0.15) is 0 Å².